The standard InChI is InChI=1S/C27H32FN3O3/c1-2-31(8-7-27-13-17-9-18(14-27)11-19(10-17)15-27)24-22(26(33)34)12-20(16-29-24)30-25(32)21-5-3-4-6-23(21)28/h3-6,12,16-19H,2,7-11,13-15H2,1H3,(H,30,32)(H,33,34). The summed E-state index contributed by atoms with van der Waals surface area (Å²) in [6.45, 7) is 3.44. The number of carboxylic acid groups (broad SMARTS) is 1. The Morgan fingerprint density at radius 3 is 2.35 bits per heavy atom. The molecule has 7 heteroatoms. The van der Waals surface area contributed by atoms with Crippen molar-refractivity contribution in [1.29, 1.82) is 0 Å². The quantitative estimate of drug-likeness (QED) is 0.530. The number of hydrogen-bond donors (Lipinski definition) is 2. The molecule has 0 radical (unpaired) electrons. The van der Waals surface area contributed by atoms with Crippen LogP contribution in [0.4, 0.5) is 15.9 Å². The smallest absolute Gasteiger partial charge is 0.339 e. The van der Waals surface area contributed by atoms with Gasteiger partial charge in [-0.15, -0.1) is 0 Å². The minimum atomic E-state index is -1.10. The number of hydrogen-bond acceptors (Lipinski definition) is 4. The molecule has 0 atom stereocenters. The molecule has 6 rings (SSSR count). The SMILES string of the molecule is CCN(CCC12CC3CC(CC(C3)C1)C2)c1ncc(NC(=O)c2ccccc2F)cc1C(=O)O. The summed E-state index contributed by atoms with van der Waals surface area (Å²) in [5.41, 5.74) is 0.568. The maximum absolute atomic E-state index is 13.9. The van der Waals surface area contributed by atoms with Crippen molar-refractivity contribution in [3.8, 4) is 0 Å². The molecule has 2 N–H and O–H groups in total. The van der Waals surface area contributed by atoms with Gasteiger partial charge in [-0.2, -0.15) is 0 Å². The number of carbonyl (C=O) groups is 2. The molecule has 1 heterocycles. The summed E-state index contributed by atoms with van der Waals surface area (Å²) in [5, 5.41) is 12.5. The molecule has 0 saturated heterocycles. The zero-order valence-electron chi connectivity index (χ0n) is 19.6. The molecule has 0 unspecified atom stereocenters. The molecule has 2 aromatic rings. The van der Waals surface area contributed by atoms with E-state index < -0.39 is 17.7 Å². The number of carbonyl (C=O) groups excluding carboxylic acids is 1. The normalized spacial score (nSPS) is 26.9. The molecule has 4 saturated carbocycles. The molecular formula is C27H32FN3O3. The third-order valence-electron chi connectivity index (χ3n) is 8.23. The van der Waals surface area contributed by atoms with Crippen molar-refractivity contribution < 1.29 is 19.1 Å². The van der Waals surface area contributed by atoms with E-state index in [1.807, 2.05) is 11.8 Å². The summed E-state index contributed by atoms with van der Waals surface area (Å²) in [6.07, 6.45) is 10.7. The molecule has 4 aliphatic rings. The summed E-state index contributed by atoms with van der Waals surface area (Å²) in [4.78, 5) is 31.0. The van der Waals surface area contributed by atoms with E-state index >= 15 is 0 Å². The minimum Gasteiger partial charge on any atom is -0.478 e. The molecular weight excluding hydrogens is 433 g/mol. The first-order valence-corrected chi connectivity index (χ1v) is 12.4. The van der Waals surface area contributed by atoms with E-state index in [2.05, 4.69) is 10.3 Å². The molecule has 6 nitrogen and oxygen atoms in total. The number of carboxylic acids is 1. The summed E-state index contributed by atoms with van der Waals surface area (Å²) in [5.74, 6) is 0.688. The van der Waals surface area contributed by atoms with Crippen LogP contribution in [0, 0.1) is 29.0 Å². The van der Waals surface area contributed by atoms with Crippen LogP contribution in [0.3, 0.4) is 0 Å². The fraction of sp³-hybridized carbons (Fsp3) is 0.519. The van der Waals surface area contributed by atoms with Gasteiger partial charge >= 0.3 is 5.97 Å². The van der Waals surface area contributed by atoms with Crippen molar-refractivity contribution in [3.63, 3.8) is 0 Å². The Labute approximate surface area is 199 Å². The number of pyridine rings is 1. The van der Waals surface area contributed by atoms with Crippen LogP contribution in [0.5, 0.6) is 0 Å². The highest BCUT2D eigenvalue weighted by Gasteiger charge is 2.50. The second kappa shape index (κ2) is 9.01. The Morgan fingerprint density at radius 1 is 1.12 bits per heavy atom. The molecule has 0 aliphatic heterocycles. The number of anilines is 2. The van der Waals surface area contributed by atoms with E-state index in [1.165, 1.54) is 69.0 Å². The average molecular weight is 466 g/mol. The second-order valence-corrected chi connectivity index (χ2v) is 10.6. The van der Waals surface area contributed by atoms with Gasteiger partial charge in [-0.25, -0.2) is 14.2 Å². The minimum absolute atomic E-state index is 0.0405. The van der Waals surface area contributed by atoms with Crippen LogP contribution in [0.25, 0.3) is 0 Å². The van der Waals surface area contributed by atoms with Crippen LogP contribution in [-0.2, 0) is 0 Å². The topological polar surface area (TPSA) is 82.5 Å². The van der Waals surface area contributed by atoms with Crippen LogP contribution in [0.15, 0.2) is 36.5 Å². The number of nitrogens with one attached hydrogen (secondary N) is 1. The number of halogens is 1. The van der Waals surface area contributed by atoms with Gasteiger partial charge in [0, 0.05) is 13.1 Å². The van der Waals surface area contributed by atoms with Gasteiger partial charge in [0.05, 0.1) is 17.4 Å². The van der Waals surface area contributed by atoms with Gasteiger partial charge in [-0.1, -0.05) is 12.1 Å². The molecule has 1 amide bonds. The van der Waals surface area contributed by atoms with Crippen molar-refractivity contribution in [1.82, 2.24) is 4.98 Å². The molecule has 34 heavy (non-hydrogen) atoms. The van der Waals surface area contributed by atoms with Crippen LogP contribution in [0.1, 0.15) is 72.6 Å². The predicted molar refractivity (Wildman–Crippen MR) is 129 cm³/mol. The van der Waals surface area contributed by atoms with E-state index in [0.717, 1.165) is 30.7 Å². The zero-order chi connectivity index (χ0) is 23.9. The molecule has 1 aromatic carbocycles. The van der Waals surface area contributed by atoms with Crippen LogP contribution >= 0.6 is 0 Å². The second-order valence-electron chi connectivity index (χ2n) is 10.6. The van der Waals surface area contributed by atoms with Gasteiger partial charge in [0.1, 0.15) is 17.2 Å². The molecule has 180 valence electrons. The van der Waals surface area contributed by atoms with Crippen molar-refractivity contribution in [2.45, 2.75) is 51.9 Å². The van der Waals surface area contributed by atoms with Gasteiger partial charge in [0.15, 0.2) is 0 Å². The van der Waals surface area contributed by atoms with Crippen LogP contribution < -0.4 is 10.2 Å². The largest absolute Gasteiger partial charge is 0.478 e. The Morgan fingerprint density at radius 2 is 1.76 bits per heavy atom. The lowest BCUT2D eigenvalue weighted by molar-refractivity contribution is -0.0559. The van der Waals surface area contributed by atoms with Gasteiger partial charge in [0.25, 0.3) is 5.91 Å². The van der Waals surface area contributed by atoms with Crippen LogP contribution in [0.2, 0.25) is 0 Å². The Balaban J connectivity index is 1.32. The van der Waals surface area contributed by atoms with Gasteiger partial charge in [-0.05, 0) is 93.2 Å². The highest BCUT2D eigenvalue weighted by Crippen LogP contribution is 2.61. The van der Waals surface area contributed by atoms with E-state index in [-0.39, 0.29) is 16.8 Å². The monoisotopic (exact) mass is 465 g/mol. The zero-order valence-corrected chi connectivity index (χ0v) is 19.6. The van der Waals surface area contributed by atoms with Crippen molar-refractivity contribution in [2.75, 3.05) is 23.3 Å². The molecule has 0 spiro atoms. The van der Waals surface area contributed by atoms with Crippen LogP contribution in [-0.4, -0.2) is 35.1 Å². The summed E-state index contributed by atoms with van der Waals surface area (Å²) >= 11 is 0. The molecule has 4 aliphatic carbocycles. The first kappa shape index (κ1) is 22.8. The van der Waals surface area contributed by atoms with Crippen molar-refractivity contribution in [2.24, 2.45) is 23.2 Å². The highest BCUT2D eigenvalue weighted by molar-refractivity contribution is 6.05. The maximum Gasteiger partial charge on any atom is 0.339 e. The van der Waals surface area contributed by atoms with Gasteiger partial charge < -0.3 is 15.3 Å². The van der Waals surface area contributed by atoms with E-state index in [0.29, 0.717) is 17.8 Å². The van der Waals surface area contributed by atoms with Crippen molar-refractivity contribution >= 4 is 23.4 Å². The lowest BCUT2D eigenvalue weighted by Crippen LogP contribution is -2.47. The van der Waals surface area contributed by atoms with E-state index in [1.54, 1.807) is 6.07 Å². The fourth-order valence-electron chi connectivity index (χ4n) is 7.16. The Bertz CT molecular complexity index is 1070. The molecule has 4 bridgehead atoms. The number of aromatic carboxylic acids is 1. The summed E-state index contributed by atoms with van der Waals surface area (Å²) in [7, 11) is 0. The Hall–Kier alpha value is -2.96. The highest BCUT2D eigenvalue weighted by atomic mass is 19.1. The van der Waals surface area contributed by atoms with Crippen molar-refractivity contribution in [3.05, 3.63) is 53.5 Å². The third-order valence-corrected chi connectivity index (χ3v) is 8.23. The first-order valence-electron chi connectivity index (χ1n) is 12.4. The summed E-state index contributed by atoms with van der Waals surface area (Å²) in [6, 6.07) is 7.09. The Kier molecular flexibility index (Phi) is 6.04. The number of nitrogens with zero attached hydrogens (tertiary/aromatic N) is 2. The average Bonchev–Trinajstić information content (AvgIpc) is 2.79. The number of rotatable bonds is 8. The number of benzene rings is 1. The summed E-state index contributed by atoms with van der Waals surface area (Å²) < 4.78 is 13.9. The van der Waals surface area contributed by atoms with E-state index in [9.17, 15) is 19.1 Å². The number of aromatic nitrogens is 1. The molecule has 4 fully saturated rings. The maximum atomic E-state index is 13.9. The fourth-order valence-corrected chi connectivity index (χ4v) is 7.16. The van der Waals surface area contributed by atoms with Gasteiger partial charge in [-0.3, -0.25) is 4.79 Å². The van der Waals surface area contributed by atoms with Gasteiger partial charge in [0.2, 0.25) is 0 Å². The van der Waals surface area contributed by atoms with E-state index in [4.69, 9.17) is 0 Å². The molecule has 1 aromatic heterocycles. The first-order chi connectivity index (χ1) is 16.4. The predicted octanol–water partition coefficient (Wildman–Crippen LogP) is 5.60. The third kappa shape index (κ3) is 4.40. The lowest BCUT2D eigenvalue weighted by atomic mass is 9.49. The number of amides is 1. The lowest BCUT2D eigenvalue weighted by Gasteiger charge is -2.57.